The summed E-state index contributed by atoms with van der Waals surface area (Å²) in [6, 6.07) is 0. The molecule has 3 nitrogen and oxygen atoms in total. The Balaban J connectivity index is 2.98. The Hall–Kier alpha value is -1.25. The maximum Gasteiger partial charge on any atom is 0.176 e. The van der Waals surface area contributed by atoms with Crippen LogP contribution in [0.1, 0.15) is 13.3 Å². The lowest BCUT2D eigenvalue weighted by Gasteiger charge is -1.97. The summed E-state index contributed by atoms with van der Waals surface area (Å²) in [4.78, 5) is 32.7. The normalized spacial score (nSPS) is 24.5. The summed E-state index contributed by atoms with van der Waals surface area (Å²) >= 11 is 0. The smallest absolute Gasteiger partial charge is 0.176 e. The van der Waals surface area contributed by atoms with Gasteiger partial charge in [-0.05, 0) is 12.5 Å². The topological polar surface area (TPSA) is 51.2 Å². The molecule has 0 spiro atoms. The van der Waals surface area contributed by atoms with Gasteiger partial charge in [-0.25, -0.2) is 0 Å². The lowest BCUT2D eigenvalue weighted by molar-refractivity contribution is -0.134. The lowest BCUT2D eigenvalue weighted by atomic mass is 10.0. The molecule has 1 aliphatic carbocycles. The Morgan fingerprint density at radius 1 is 1.55 bits per heavy atom. The van der Waals surface area contributed by atoms with Gasteiger partial charge in [0.2, 0.25) is 0 Å². The van der Waals surface area contributed by atoms with Crippen molar-refractivity contribution in [3.8, 4) is 0 Å². The van der Waals surface area contributed by atoms with E-state index in [4.69, 9.17) is 0 Å². The number of hydrogen-bond acceptors (Lipinski definition) is 3. The van der Waals surface area contributed by atoms with Crippen molar-refractivity contribution in [2.24, 2.45) is 5.92 Å². The molecule has 0 amide bonds. The molecule has 0 saturated heterocycles. The Morgan fingerprint density at radius 3 is 2.27 bits per heavy atom. The second-order valence-corrected chi connectivity index (χ2v) is 2.65. The number of allylic oxidation sites excluding steroid dienone is 1. The van der Waals surface area contributed by atoms with Gasteiger partial charge in [-0.15, -0.1) is 0 Å². The lowest BCUT2D eigenvalue weighted by Crippen LogP contribution is -2.22. The highest BCUT2D eigenvalue weighted by molar-refractivity contribution is 6.29. The fourth-order valence-electron chi connectivity index (χ4n) is 1.16. The maximum atomic E-state index is 11.0. The van der Waals surface area contributed by atoms with E-state index in [9.17, 15) is 14.4 Å². The summed E-state index contributed by atoms with van der Waals surface area (Å²) in [7, 11) is 0. The predicted molar refractivity (Wildman–Crippen MR) is 37.9 cm³/mol. The van der Waals surface area contributed by atoms with Crippen molar-refractivity contribution in [2.45, 2.75) is 13.3 Å². The van der Waals surface area contributed by atoms with Crippen molar-refractivity contribution in [1.82, 2.24) is 0 Å². The highest BCUT2D eigenvalue weighted by Crippen LogP contribution is 2.22. The van der Waals surface area contributed by atoms with E-state index in [1.165, 1.54) is 6.92 Å². The number of Topliss-reactive ketones (excluding diaryl/α,β-unsaturated/α-hetero) is 3. The van der Waals surface area contributed by atoms with Gasteiger partial charge in [0.1, 0.15) is 11.7 Å². The molecular formula is C8H8O3. The van der Waals surface area contributed by atoms with Crippen LogP contribution in [-0.4, -0.2) is 17.3 Å². The van der Waals surface area contributed by atoms with Gasteiger partial charge in [0.05, 0.1) is 0 Å². The van der Waals surface area contributed by atoms with Crippen molar-refractivity contribution < 1.29 is 14.4 Å². The van der Waals surface area contributed by atoms with E-state index in [1.807, 2.05) is 0 Å². The molecule has 1 fully saturated rings. The van der Waals surface area contributed by atoms with Crippen molar-refractivity contribution in [1.29, 1.82) is 0 Å². The number of hydrogen-bond donors (Lipinski definition) is 0. The van der Waals surface area contributed by atoms with Crippen molar-refractivity contribution in [2.75, 3.05) is 0 Å². The summed E-state index contributed by atoms with van der Waals surface area (Å²) < 4.78 is 0. The zero-order valence-electron chi connectivity index (χ0n) is 6.22. The van der Waals surface area contributed by atoms with Crippen LogP contribution >= 0.6 is 0 Å². The van der Waals surface area contributed by atoms with Gasteiger partial charge in [-0.1, -0.05) is 6.58 Å². The molecule has 0 bridgehead atoms. The molecule has 1 rings (SSSR count). The van der Waals surface area contributed by atoms with Gasteiger partial charge in [0.15, 0.2) is 11.6 Å². The average molecular weight is 152 g/mol. The van der Waals surface area contributed by atoms with Crippen LogP contribution in [0.3, 0.4) is 0 Å². The molecule has 1 atom stereocenters. The van der Waals surface area contributed by atoms with Crippen molar-refractivity contribution >= 4 is 17.3 Å². The van der Waals surface area contributed by atoms with Crippen LogP contribution in [0, 0.1) is 5.92 Å². The van der Waals surface area contributed by atoms with Crippen LogP contribution < -0.4 is 0 Å². The summed E-state index contributed by atoms with van der Waals surface area (Å²) in [5.74, 6) is -2.13. The first-order chi connectivity index (χ1) is 5.04. The fraction of sp³-hybridized carbons (Fsp3) is 0.375. The Labute approximate surface area is 64.1 Å². The van der Waals surface area contributed by atoms with Crippen LogP contribution in [0.2, 0.25) is 0 Å². The van der Waals surface area contributed by atoms with Crippen molar-refractivity contribution in [3.05, 3.63) is 12.2 Å². The maximum absolute atomic E-state index is 11.0. The molecule has 1 unspecified atom stereocenters. The zero-order valence-corrected chi connectivity index (χ0v) is 6.22. The molecule has 0 aromatic heterocycles. The molecule has 1 saturated carbocycles. The third-order valence-corrected chi connectivity index (χ3v) is 1.73. The second-order valence-electron chi connectivity index (χ2n) is 2.65. The van der Waals surface area contributed by atoms with Gasteiger partial charge >= 0.3 is 0 Å². The van der Waals surface area contributed by atoms with Gasteiger partial charge in [0.25, 0.3) is 0 Å². The third-order valence-electron chi connectivity index (χ3n) is 1.73. The number of rotatable bonds is 1. The number of carbonyl (C=O) groups is 3. The highest BCUT2D eigenvalue weighted by Gasteiger charge is 2.38. The summed E-state index contributed by atoms with van der Waals surface area (Å²) in [6.45, 7) is 4.64. The van der Waals surface area contributed by atoms with Crippen LogP contribution in [0.4, 0.5) is 0 Å². The average Bonchev–Trinajstić information content (AvgIpc) is 2.07. The predicted octanol–water partition coefficient (Wildman–Crippen LogP) is 0.290. The molecule has 0 N–H and O–H groups in total. The molecule has 0 aliphatic heterocycles. The molecule has 1 aliphatic rings. The first-order valence-electron chi connectivity index (χ1n) is 3.29. The molecule has 58 valence electrons. The molecule has 0 aromatic rings. The fourth-order valence-corrected chi connectivity index (χ4v) is 1.16. The van der Waals surface area contributed by atoms with Crippen LogP contribution in [-0.2, 0) is 14.4 Å². The van der Waals surface area contributed by atoms with E-state index in [2.05, 4.69) is 6.58 Å². The molecule has 0 aromatic carbocycles. The first kappa shape index (κ1) is 7.85. The molecule has 0 radical (unpaired) electrons. The minimum Gasteiger partial charge on any atom is -0.299 e. The summed E-state index contributed by atoms with van der Waals surface area (Å²) in [5, 5.41) is 0. The van der Waals surface area contributed by atoms with Gasteiger partial charge in [0, 0.05) is 6.42 Å². The van der Waals surface area contributed by atoms with E-state index in [0.717, 1.165) is 0 Å². The van der Waals surface area contributed by atoms with E-state index < -0.39 is 11.7 Å². The van der Waals surface area contributed by atoms with Crippen LogP contribution in [0.25, 0.3) is 0 Å². The van der Waals surface area contributed by atoms with Crippen LogP contribution in [0.5, 0.6) is 0 Å². The van der Waals surface area contributed by atoms with E-state index in [-0.39, 0.29) is 23.6 Å². The second kappa shape index (κ2) is 2.42. The van der Waals surface area contributed by atoms with Gasteiger partial charge in [-0.3, -0.25) is 14.4 Å². The largest absolute Gasteiger partial charge is 0.299 e. The molecule has 3 heteroatoms. The highest BCUT2D eigenvalue weighted by atomic mass is 16.2. The van der Waals surface area contributed by atoms with E-state index in [1.54, 1.807) is 0 Å². The Bertz CT molecular complexity index is 263. The standard InChI is InChI=1S/C8H8O3/c1-4-3-6(10)7(5(2)9)8(4)11/h7H,1,3H2,2H3. The third kappa shape index (κ3) is 1.13. The van der Waals surface area contributed by atoms with Crippen LogP contribution in [0.15, 0.2) is 12.2 Å². The first-order valence-corrected chi connectivity index (χ1v) is 3.29. The number of carbonyl (C=O) groups excluding carboxylic acids is 3. The summed E-state index contributed by atoms with van der Waals surface area (Å²) in [6.07, 6.45) is 0.0447. The monoisotopic (exact) mass is 152 g/mol. The summed E-state index contributed by atoms with van der Waals surface area (Å²) in [5.41, 5.74) is 0.259. The Morgan fingerprint density at radius 2 is 2.09 bits per heavy atom. The van der Waals surface area contributed by atoms with Gasteiger partial charge in [-0.2, -0.15) is 0 Å². The molecule has 11 heavy (non-hydrogen) atoms. The minimum absolute atomic E-state index is 0.0447. The van der Waals surface area contributed by atoms with E-state index >= 15 is 0 Å². The zero-order chi connectivity index (χ0) is 8.59. The van der Waals surface area contributed by atoms with E-state index in [0.29, 0.717) is 0 Å². The van der Waals surface area contributed by atoms with Gasteiger partial charge < -0.3 is 0 Å². The SMILES string of the molecule is C=C1CC(=O)C(C(C)=O)C1=O. The van der Waals surface area contributed by atoms with Crippen molar-refractivity contribution in [3.63, 3.8) is 0 Å². The minimum atomic E-state index is -1.04. The molecular weight excluding hydrogens is 144 g/mol. The Kier molecular flexibility index (Phi) is 1.72. The quantitative estimate of drug-likeness (QED) is 0.401. The molecule has 0 heterocycles. The number of ketones is 3.